The van der Waals surface area contributed by atoms with Gasteiger partial charge in [0, 0.05) is 29.2 Å². The van der Waals surface area contributed by atoms with Gasteiger partial charge in [0.15, 0.2) is 0 Å². The summed E-state index contributed by atoms with van der Waals surface area (Å²) in [5.74, 6) is -1.05. The first-order valence-corrected chi connectivity index (χ1v) is 8.95. The van der Waals surface area contributed by atoms with Crippen LogP contribution in [0.25, 0.3) is 0 Å². The Hall–Kier alpha value is -2.34. The molecular weight excluding hydrogens is 341 g/mol. The molecule has 2 aromatic rings. The molecule has 1 atom stereocenters. The average Bonchev–Trinajstić information content (AvgIpc) is 3.04. The van der Waals surface area contributed by atoms with Crippen molar-refractivity contribution >= 4 is 23.6 Å². The third-order valence-electron chi connectivity index (χ3n) is 4.24. The Morgan fingerprint density at radius 3 is 2.40 bits per heavy atom. The van der Waals surface area contributed by atoms with E-state index in [1.165, 1.54) is 9.80 Å². The number of amides is 1. The van der Waals surface area contributed by atoms with Crippen LogP contribution in [0.4, 0.5) is 4.39 Å². The van der Waals surface area contributed by atoms with Crippen molar-refractivity contribution < 1.29 is 19.1 Å². The molecule has 0 bridgehead atoms. The van der Waals surface area contributed by atoms with E-state index in [0.717, 1.165) is 11.3 Å². The number of carboxylic acids is 1. The number of carbonyl (C=O) groups is 2. The Kier molecular flexibility index (Phi) is 5.08. The molecule has 1 unspecified atom stereocenters. The first-order chi connectivity index (χ1) is 12.0. The second-order valence-electron chi connectivity index (χ2n) is 6.05. The van der Waals surface area contributed by atoms with Crippen LogP contribution < -0.4 is 0 Å². The number of aliphatic carboxylic acids is 1. The van der Waals surface area contributed by atoms with Gasteiger partial charge in [0.1, 0.15) is 0 Å². The van der Waals surface area contributed by atoms with E-state index in [-0.39, 0.29) is 18.9 Å². The van der Waals surface area contributed by atoms with Gasteiger partial charge in [0.25, 0.3) is 5.91 Å². The molecule has 1 heterocycles. The SMILES string of the molecule is O=C(c1ccc(CSc2ccccc2)cc1)N1CCC(F)(C(=O)O)C1. The molecule has 2 aromatic carbocycles. The summed E-state index contributed by atoms with van der Waals surface area (Å²) in [7, 11) is 0. The van der Waals surface area contributed by atoms with Crippen molar-refractivity contribution in [3.05, 3.63) is 65.7 Å². The van der Waals surface area contributed by atoms with Gasteiger partial charge in [0.05, 0.1) is 6.54 Å². The molecule has 0 aromatic heterocycles. The van der Waals surface area contributed by atoms with E-state index < -0.39 is 18.2 Å². The smallest absolute Gasteiger partial charge is 0.343 e. The minimum absolute atomic E-state index is 0.118. The maximum absolute atomic E-state index is 14.1. The van der Waals surface area contributed by atoms with Crippen LogP contribution in [-0.2, 0) is 10.5 Å². The summed E-state index contributed by atoms with van der Waals surface area (Å²) in [5.41, 5.74) is -0.803. The van der Waals surface area contributed by atoms with Gasteiger partial charge in [-0.15, -0.1) is 11.8 Å². The summed E-state index contributed by atoms with van der Waals surface area (Å²) in [5, 5.41) is 8.92. The second-order valence-corrected chi connectivity index (χ2v) is 7.09. The fraction of sp³-hybridized carbons (Fsp3) is 0.263. The third-order valence-corrected chi connectivity index (χ3v) is 5.32. The number of benzene rings is 2. The fourth-order valence-electron chi connectivity index (χ4n) is 2.73. The van der Waals surface area contributed by atoms with Gasteiger partial charge in [-0.1, -0.05) is 30.3 Å². The van der Waals surface area contributed by atoms with Gasteiger partial charge in [0.2, 0.25) is 5.67 Å². The maximum Gasteiger partial charge on any atom is 0.343 e. The summed E-state index contributed by atoms with van der Waals surface area (Å²) in [6.07, 6.45) is -0.167. The van der Waals surface area contributed by atoms with Gasteiger partial charge >= 0.3 is 5.97 Å². The van der Waals surface area contributed by atoms with Gasteiger partial charge < -0.3 is 10.0 Å². The highest BCUT2D eigenvalue weighted by molar-refractivity contribution is 7.98. The van der Waals surface area contributed by atoms with E-state index in [4.69, 9.17) is 5.11 Å². The lowest BCUT2D eigenvalue weighted by molar-refractivity contribution is -0.149. The number of likely N-dealkylation sites (tertiary alicyclic amines) is 1. The predicted octanol–water partition coefficient (Wildman–Crippen LogP) is 3.62. The van der Waals surface area contributed by atoms with Crippen molar-refractivity contribution in [2.24, 2.45) is 0 Å². The van der Waals surface area contributed by atoms with Crippen molar-refractivity contribution in [3.63, 3.8) is 0 Å². The number of halogens is 1. The fourth-order valence-corrected chi connectivity index (χ4v) is 3.61. The normalized spacial score (nSPS) is 19.8. The molecule has 0 aliphatic carbocycles. The molecule has 1 aliphatic rings. The van der Waals surface area contributed by atoms with E-state index in [0.29, 0.717) is 5.56 Å². The van der Waals surface area contributed by atoms with Crippen LogP contribution in [0.15, 0.2) is 59.5 Å². The molecule has 0 radical (unpaired) electrons. The molecule has 1 fully saturated rings. The van der Waals surface area contributed by atoms with Crippen molar-refractivity contribution in [1.29, 1.82) is 0 Å². The van der Waals surface area contributed by atoms with Gasteiger partial charge in [-0.3, -0.25) is 4.79 Å². The molecular formula is C19H18FNO3S. The molecule has 1 N–H and O–H groups in total. The number of carboxylic acid groups (broad SMARTS) is 1. The van der Waals surface area contributed by atoms with E-state index in [1.807, 2.05) is 42.5 Å². The largest absolute Gasteiger partial charge is 0.479 e. The number of hydrogen-bond donors (Lipinski definition) is 1. The molecule has 3 rings (SSSR count). The van der Waals surface area contributed by atoms with Gasteiger partial charge in [-0.25, -0.2) is 9.18 Å². The Morgan fingerprint density at radius 2 is 1.80 bits per heavy atom. The Balaban J connectivity index is 1.60. The van der Waals surface area contributed by atoms with Crippen molar-refractivity contribution in [1.82, 2.24) is 4.90 Å². The lowest BCUT2D eigenvalue weighted by atomic mass is 10.1. The van der Waals surface area contributed by atoms with Gasteiger partial charge in [-0.2, -0.15) is 0 Å². The molecule has 1 amide bonds. The van der Waals surface area contributed by atoms with E-state index in [2.05, 4.69) is 0 Å². The Bertz CT molecular complexity index is 766. The lowest BCUT2D eigenvalue weighted by Gasteiger charge is -2.18. The highest BCUT2D eigenvalue weighted by Gasteiger charge is 2.46. The van der Waals surface area contributed by atoms with Crippen LogP contribution in [0.3, 0.4) is 0 Å². The van der Waals surface area contributed by atoms with Crippen LogP contribution in [0.5, 0.6) is 0 Å². The summed E-state index contributed by atoms with van der Waals surface area (Å²) in [6.45, 7) is -0.278. The highest BCUT2D eigenvalue weighted by Crippen LogP contribution is 2.27. The van der Waals surface area contributed by atoms with Crippen LogP contribution in [0.1, 0.15) is 22.3 Å². The first kappa shape index (κ1) is 17.5. The van der Waals surface area contributed by atoms with Crippen LogP contribution >= 0.6 is 11.8 Å². The summed E-state index contributed by atoms with van der Waals surface area (Å²) >= 11 is 1.71. The van der Waals surface area contributed by atoms with Crippen LogP contribution in [0.2, 0.25) is 0 Å². The Labute approximate surface area is 149 Å². The minimum atomic E-state index is -2.33. The first-order valence-electron chi connectivity index (χ1n) is 7.96. The maximum atomic E-state index is 14.1. The number of rotatable bonds is 5. The van der Waals surface area contributed by atoms with Crippen molar-refractivity contribution in [3.8, 4) is 0 Å². The molecule has 1 saturated heterocycles. The molecule has 130 valence electrons. The number of carbonyl (C=O) groups excluding carboxylic acids is 1. The summed E-state index contributed by atoms with van der Waals surface area (Å²) in [6, 6.07) is 17.2. The number of nitrogens with zero attached hydrogens (tertiary/aromatic N) is 1. The Morgan fingerprint density at radius 1 is 1.12 bits per heavy atom. The standard InChI is InChI=1S/C19H18FNO3S/c20-19(18(23)24)10-11-21(13-19)17(22)15-8-6-14(7-9-15)12-25-16-4-2-1-3-5-16/h1-9H,10-13H2,(H,23,24). The molecule has 0 spiro atoms. The molecule has 0 saturated carbocycles. The number of hydrogen-bond acceptors (Lipinski definition) is 3. The molecule has 4 nitrogen and oxygen atoms in total. The zero-order valence-electron chi connectivity index (χ0n) is 13.5. The molecule has 6 heteroatoms. The van der Waals surface area contributed by atoms with Crippen LogP contribution in [0, 0.1) is 0 Å². The monoisotopic (exact) mass is 359 g/mol. The predicted molar refractivity (Wildman–Crippen MR) is 94.4 cm³/mol. The molecule has 25 heavy (non-hydrogen) atoms. The zero-order valence-corrected chi connectivity index (χ0v) is 14.3. The van der Waals surface area contributed by atoms with Crippen molar-refractivity contribution in [2.75, 3.05) is 13.1 Å². The number of thioether (sulfide) groups is 1. The quantitative estimate of drug-likeness (QED) is 0.829. The average molecular weight is 359 g/mol. The summed E-state index contributed by atoms with van der Waals surface area (Å²) < 4.78 is 14.1. The lowest BCUT2D eigenvalue weighted by Crippen LogP contribution is -2.38. The number of alkyl halides is 1. The minimum Gasteiger partial charge on any atom is -0.479 e. The van der Waals surface area contributed by atoms with Gasteiger partial charge in [-0.05, 0) is 29.8 Å². The second kappa shape index (κ2) is 7.27. The van der Waals surface area contributed by atoms with E-state index in [9.17, 15) is 14.0 Å². The van der Waals surface area contributed by atoms with E-state index in [1.54, 1.807) is 23.9 Å². The van der Waals surface area contributed by atoms with Crippen LogP contribution in [-0.4, -0.2) is 40.6 Å². The molecule has 1 aliphatic heterocycles. The zero-order chi connectivity index (χ0) is 17.9. The van der Waals surface area contributed by atoms with E-state index >= 15 is 0 Å². The van der Waals surface area contributed by atoms with Crippen molar-refractivity contribution in [2.45, 2.75) is 22.7 Å². The topological polar surface area (TPSA) is 57.6 Å². The highest BCUT2D eigenvalue weighted by atomic mass is 32.2. The third kappa shape index (κ3) is 4.02. The summed E-state index contributed by atoms with van der Waals surface area (Å²) in [4.78, 5) is 25.8.